The van der Waals surface area contributed by atoms with Crippen LogP contribution in [0.25, 0.3) is 0 Å². The average Bonchev–Trinajstić information content (AvgIpc) is 2.41. The molecule has 1 saturated heterocycles. The van der Waals surface area contributed by atoms with Crippen molar-refractivity contribution in [3.05, 3.63) is 0 Å². The van der Waals surface area contributed by atoms with Crippen molar-refractivity contribution >= 4 is 0 Å². The standard InChI is InChI=1S/C13H25F3N4/c1-19-6-8-20(9-7-19)18-12(10-17)4-2-11(3-5-12)13(14,15)16/h11,18H,2-10,17H2,1H3. The first-order valence-electron chi connectivity index (χ1n) is 7.33. The number of alkyl halides is 3. The molecule has 0 spiro atoms. The molecule has 20 heavy (non-hydrogen) atoms. The second kappa shape index (κ2) is 6.17. The van der Waals surface area contributed by atoms with Gasteiger partial charge in [0.1, 0.15) is 0 Å². The van der Waals surface area contributed by atoms with E-state index in [9.17, 15) is 13.2 Å². The van der Waals surface area contributed by atoms with E-state index in [0.717, 1.165) is 26.2 Å². The van der Waals surface area contributed by atoms with E-state index >= 15 is 0 Å². The van der Waals surface area contributed by atoms with E-state index in [2.05, 4.69) is 22.4 Å². The number of likely N-dealkylation sites (N-methyl/N-ethyl adjacent to an activating group) is 1. The minimum Gasteiger partial charge on any atom is -0.329 e. The minimum atomic E-state index is -4.06. The smallest absolute Gasteiger partial charge is 0.329 e. The van der Waals surface area contributed by atoms with Gasteiger partial charge in [0, 0.05) is 38.3 Å². The third kappa shape index (κ3) is 3.84. The Morgan fingerprint density at radius 1 is 1.15 bits per heavy atom. The maximum atomic E-state index is 12.7. The van der Waals surface area contributed by atoms with E-state index in [0.29, 0.717) is 19.4 Å². The van der Waals surface area contributed by atoms with Gasteiger partial charge in [0.15, 0.2) is 0 Å². The lowest BCUT2D eigenvalue weighted by Gasteiger charge is -2.45. The predicted molar refractivity (Wildman–Crippen MR) is 72.0 cm³/mol. The van der Waals surface area contributed by atoms with Crippen LogP contribution in [-0.4, -0.2) is 61.4 Å². The molecule has 0 aromatic heterocycles. The molecule has 118 valence electrons. The first kappa shape index (κ1) is 16.0. The van der Waals surface area contributed by atoms with Crippen molar-refractivity contribution in [1.29, 1.82) is 0 Å². The lowest BCUT2D eigenvalue weighted by molar-refractivity contribution is -0.186. The molecule has 0 amide bonds. The molecular weight excluding hydrogens is 269 g/mol. The maximum absolute atomic E-state index is 12.7. The van der Waals surface area contributed by atoms with Crippen LogP contribution in [0, 0.1) is 5.92 Å². The van der Waals surface area contributed by atoms with Crippen LogP contribution in [-0.2, 0) is 0 Å². The number of hydrogen-bond acceptors (Lipinski definition) is 4. The van der Waals surface area contributed by atoms with E-state index in [1.807, 2.05) is 0 Å². The van der Waals surface area contributed by atoms with Crippen LogP contribution in [0.2, 0.25) is 0 Å². The minimum absolute atomic E-state index is 0.182. The van der Waals surface area contributed by atoms with Crippen molar-refractivity contribution < 1.29 is 13.2 Å². The Morgan fingerprint density at radius 3 is 2.15 bits per heavy atom. The van der Waals surface area contributed by atoms with E-state index < -0.39 is 12.1 Å². The van der Waals surface area contributed by atoms with Gasteiger partial charge in [-0.3, -0.25) is 0 Å². The summed E-state index contributed by atoms with van der Waals surface area (Å²) < 4.78 is 38.2. The lowest BCUT2D eigenvalue weighted by Crippen LogP contribution is -2.63. The molecule has 4 nitrogen and oxygen atoms in total. The second-order valence-corrected chi connectivity index (χ2v) is 6.20. The predicted octanol–water partition coefficient (Wildman–Crippen LogP) is 1.19. The number of hydrogen-bond donors (Lipinski definition) is 2. The van der Waals surface area contributed by atoms with Gasteiger partial charge in [0.25, 0.3) is 0 Å². The summed E-state index contributed by atoms with van der Waals surface area (Å²) in [5.41, 5.74) is 8.93. The highest BCUT2D eigenvalue weighted by atomic mass is 19.4. The Bertz CT molecular complexity index is 305. The molecule has 0 aromatic rings. The third-order valence-electron chi connectivity index (χ3n) is 4.69. The van der Waals surface area contributed by atoms with Crippen molar-refractivity contribution in [3.8, 4) is 0 Å². The number of piperazine rings is 1. The molecule has 1 heterocycles. The zero-order chi connectivity index (χ0) is 14.8. The van der Waals surface area contributed by atoms with Crippen LogP contribution in [0.15, 0.2) is 0 Å². The van der Waals surface area contributed by atoms with Gasteiger partial charge in [-0.2, -0.15) is 13.2 Å². The first-order valence-corrected chi connectivity index (χ1v) is 7.33. The second-order valence-electron chi connectivity index (χ2n) is 6.20. The Kier molecular flexibility index (Phi) is 4.94. The van der Waals surface area contributed by atoms with Crippen molar-refractivity contribution in [2.24, 2.45) is 11.7 Å². The van der Waals surface area contributed by atoms with E-state index in [-0.39, 0.29) is 18.4 Å². The summed E-state index contributed by atoms with van der Waals surface area (Å²) >= 11 is 0. The third-order valence-corrected chi connectivity index (χ3v) is 4.69. The monoisotopic (exact) mass is 294 g/mol. The number of nitrogens with two attached hydrogens (primary N) is 1. The fraction of sp³-hybridized carbons (Fsp3) is 1.00. The molecule has 7 heteroatoms. The van der Waals surface area contributed by atoms with Crippen LogP contribution in [0.3, 0.4) is 0 Å². The SMILES string of the molecule is CN1CCN(NC2(CN)CCC(C(F)(F)F)CC2)CC1. The summed E-state index contributed by atoms with van der Waals surface area (Å²) in [7, 11) is 2.07. The zero-order valence-electron chi connectivity index (χ0n) is 12.0. The van der Waals surface area contributed by atoms with Gasteiger partial charge in [0.2, 0.25) is 0 Å². The summed E-state index contributed by atoms with van der Waals surface area (Å²) in [6, 6.07) is 0. The fourth-order valence-corrected chi connectivity index (χ4v) is 3.11. The highest BCUT2D eigenvalue weighted by Gasteiger charge is 2.45. The molecule has 0 aromatic carbocycles. The van der Waals surface area contributed by atoms with E-state index in [1.165, 1.54) is 0 Å². The summed E-state index contributed by atoms with van der Waals surface area (Å²) in [6.07, 6.45) is -2.70. The van der Waals surface area contributed by atoms with Crippen molar-refractivity contribution in [2.75, 3.05) is 39.8 Å². The van der Waals surface area contributed by atoms with Gasteiger partial charge >= 0.3 is 6.18 Å². The van der Waals surface area contributed by atoms with Crippen LogP contribution in [0.1, 0.15) is 25.7 Å². The Morgan fingerprint density at radius 2 is 1.70 bits per heavy atom. The van der Waals surface area contributed by atoms with Crippen LogP contribution < -0.4 is 11.2 Å². The number of hydrazine groups is 1. The maximum Gasteiger partial charge on any atom is 0.391 e. The Balaban J connectivity index is 1.88. The molecule has 0 radical (unpaired) electrons. The van der Waals surface area contributed by atoms with Crippen molar-refractivity contribution in [2.45, 2.75) is 37.4 Å². The molecule has 0 unspecified atom stereocenters. The first-order chi connectivity index (χ1) is 9.35. The van der Waals surface area contributed by atoms with Gasteiger partial charge in [-0.25, -0.2) is 10.4 Å². The largest absolute Gasteiger partial charge is 0.391 e. The number of nitrogens with zero attached hydrogens (tertiary/aromatic N) is 2. The summed E-state index contributed by atoms with van der Waals surface area (Å²) in [6.45, 7) is 4.11. The van der Waals surface area contributed by atoms with Gasteiger partial charge in [-0.05, 0) is 32.7 Å². The number of halogens is 3. The summed E-state index contributed by atoms with van der Waals surface area (Å²) in [4.78, 5) is 2.24. The highest BCUT2D eigenvalue weighted by molar-refractivity contribution is 4.94. The highest BCUT2D eigenvalue weighted by Crippen LogP contribution is 2.40. The topological polar surface area (TPSA) is 44.5 Å². The molecule has 2 rings (SSSR count). The van der Waals surface area contributed by atoms with Crippen LogP contribution in [0.5, 0.6) is 0 Å². The van der Waals surface area contributed by atoms with Gasteiger partial charge in [0.05, 0.1) is 5.92 Å². The van der Waals surface area contributed by atoms with E-state index in [1.54, 1.807) is 0 Å². The molecule has 2 aliphatic rings. The van der Waals surface area contributed by atoms with Gasteiger partial charge in [-0.15, -0.1) is 0 Å². The fourth-order valence-electron chi connectivity index (χ4n) is 3.11. The van der Waals surface area contributed by atoms with Gasteiger partial charge < -0.3 is 10.6 Å². The summed E-state index contributed by atoms with van der Waals surface area (Å²) in [5, 5.41) is 2.13. The van der Waals surface area contributed by atoms with Crippen molar-refractivity contribution in [1.82, 2.24) is 15.3 Å². The van der Waals surface area contributed by atoms with E-state index in [4.69, 9.17) is 5.73 Å². The normalized spacial score (nSPS) is 34.4. The van der Waals surface area contributed by atoms with Gasteiger partial charge in [-0.1, -0.05) is 0 Å². The number of rotatable bonds is 3. The molecular formula is C13H25F3N4. The molecule has 1 aliphatic heterocycles. The average molecular weight is 294 g/mol. The molecule has 1 aliphatic carbocycles. The molecule has 0 atom stereocenters. The quantitative estimate of drug-likeness (QED) is 0.821. The summed E-state index contributed by atoms with van der Waals surface area (Å²) in [5.74, 6) is -1.16. The van der Waals surface area contributed by atoms with Crippen molar-refractivity contribution in [3.63, 3.8) is 0 Å². The Labute approximate surface area is 118 Å². The zero-order valence-corrected chi connectivity index (χ0v) is 12.0. The number of nitrogens with one attached hydrogen (secondary N) is 1. The molecule has 1 saturated carbocycles. The molecule has 2 fully saturated rings. The molecule has 3 N–H and O–H groups in total. The van der Waals surface area contributed by atoms with Crippen LogP contribution >= 0.6 is 0 Å². The van der Waals surface area contributed by atoms with Crippen LogP contribution in [0.4, 0.5) is 13.2 Å². The Hall–Kier alpha value is -0.370. The lowest BCUT2D eigenvalue weighted by atomic mass is 9.76. The molecule has 0 bridgehead atoms.